The maximum absolute atomic E-state index is 12.9. The van der Waals surface area contributed by atoms with Gasteiger partial charge >= 0.3 is 0 Å². The van der Waals surface area contributed by atoms with Crippen molar-refractivity contribution in [2.75, 3.05) is 0 Å². The summed E-state index contributed by atoms with van der Waals surface area (Å²) in [4.78, 5) is 118. The van der Waals surface area contributed by atoms with E-state index in [-0.39, 0.29) is 52.8 Å². The normalized spacial score (nSPS) is 18.5. The van der Waals surface area contributed by atoms with E-state index in [9.17, 15) is 39.3 Å². The molecule has 0 spiro atoms. The topological polar surface area (TPSA) is 260 Å². The Labute approximate surface area is 777 Å². The van der Waals surface area contributed by atoms with Gasteiger partial charge in [0, 0.05) is 105 Å². The van der Waals surface area contributed by atoms with Gasteiger partial charge in [0.05, 0.1) is 91.8 Å². The second kappa shape index (κ2) is 40.8. The lowest BCUT2D eigenvalue weighted by Crippen LogP contribution is -2.22. The predicted molar refractivity (Wildman–Crippen MR) is 522 cm³/mol. The van der Waals surface area contributed by atoms with E-state index in [1.54, 1.807) is 82.2 Å². The number of carbonyl (C=O) groups is 6. The molecule has 4 aromatic carbocycles. The Morgan fingerprint density at radius 3 is 0.985 bits per heavy atom. The summed E-state index contributed by atoms with van der Waals surface area (Å²) >= 11 is 8.06. The van der Waals surface area contributed by atoms with Gasteiger partial charge in [0.25, 0.3) is 0 Å². The van der Waals surface area contributed by atoms with Crippen LogP contribution < -0.4 is 0 Å². The maximum atomic E-state index is 12.9. The fraction of sp³-hybridized carbons (Fsp3) is 0.330. The maximum Gasteiger partial charge on any atom is 0.173 e. The first-order valence-corrected chi connectivity index (χ1v) is 49.5. The van der Waals surface area contributed by atoms with E-state index in [1.165, 1.54) is 19.5 Å². The second-order valence-electron chi connectivity index (χ2n) is 35.1. The van der Waals surface area contributed by atoms with Crippen molar-refractivity contribution in [3.8, 4) is 57.4 Å². The van der Waals surface area contributed by atoms with Crippen LogP contribution in [0.15, 0.2) is 212 Å². The molecule has 4 aliphatic rings. The third-order valence-electron chi connectivity index (χ3n) is 25.9. The first kappa shape index (κ1) is 89.7. The number of aryl methyl sites for hydroxylation is 4. The fourth-order valence-electron chi connectivity index (χ4n) is 19.7. The van der Waals surface area contributed by atoms with Gasteiger partial charge in [-0.25, -0.2) is 19.9 Å². The minimum absolute atomic E-state index is 0.0332. The van der Waals surface area contributed by atoms with Gasteiger partial charge in [0.15, 0.2) is 58.0 Å². The van der Waals surface area contributed by atoms with E-state index in [4.69, 9.17) is 19.9 Å². The van der Waals surface area contributed by atoms with Gasteiger partial charge < -0.3 is 18.3 Å². The van der Waals surface area contributed by atoms with Crippen LogP contribution in [0.5, 0.6) is 0 Å². The highest BCUT2D eigenvalue weighted by atomic mass is 32.1. The largest absolute Gasteiger partial charge is 0.320 e. The zero-order valence-electron chi connectivity index (χ0n) is 74.0. The van der Waals surface area contributed by atoms with Crippen LogP contribution in [0.25, 0.3) is 89.4 Å². The lowest BCUT2D eigenvalue weighted by atomic mass is 9.82. The molecule has 16 aromatic rings. The number of aromatic nitrogens is 11. The number of pyridine rings is 3. The van der Waals surface area contributed by atoms with Gasteiger partial charge in [-0.15, -0.1) is 56.7 Å². The van der Waals surface area contributed by atoms with Crippen molar-refractivity contribution in [1.29, 1.82) is 10.5 Å². The van der Waals surface area contributed by atoms with Crippen molar-refractivity contribution in [2.24, 2.45) is 23.7 Å². The average Bonchev–Trinajstić information content (AvgIpc) is 1.78. The summed E-state index contributed by atoms with van der Waals surface area (Å²) in [6.07, 6.45) is 25.0. The first-order chi connectivity index (χ1) is 63.3. The van der Waals surface area contributed by atoms with Crippen LogP contribution in [0.4, 0.5) is 0 Å². The molecular formula is C106H103N13O6S5. The number of fused-ring (bicyclic) bond motifs is 4. The molecule has 658 valence electrons. The fourth-order valence-corrected chi connectivity index (χ4v) is 23.7. The summed E-state index contributed by atoms with van der Waals surface area (Å²) < 4.78 is 9.27. The van der Waals surface area contributed by atoms with Gasteiger partial charge in [-0.1, -0.05) is 56.9 Å². The van der Waals surface area contributed by atoms with Crippen LogP contribution in [-0.4, -0.2) is 87.9 Å². The summed E-state index contributed by atoms with van der Waals surface area (Å²) in [7, 11) is 0. The number of nitriles is 2. The number of Topliss-reactive ketones (excluding diaryl/α,β-unsaturated/α-hetero) is 6. The second-order valence-corrected chi connectivity index (χ2v) is 41.2. The molecule has 12 heterocycles. The van der Waals surface area contributed by atoms with Crippen molar-refractivity contribution in [2.45, 2.75) is 201 Å². The Morgan fingerprint density at radius 1 is 0.362 bits per heavy atom. The molecule has 19 nitrogen and oxygen atoms in total. The highest BCUT2D eigenvalue weighted by molar-refractivity contribution is 7.15. The molecule has 4 saturated carbocycles. The summed E-state index contributed by atoms with van der Waals surface area (Å²) in [6.45, 7) is 11.6. The Bertz CT molecular complexity index is 6690. The van der Waals surface area contributed by atoms with Crippen LogP contribution in [-0.2, 0) is 0 Å². The molecule has 20 rings (SSSR count). The molecule has 8 atom stereocenters. The van der Waals surface area contributed by atoms with Crippen LogP contribution in [0, 0.1) is 74.0 Å². The molecule has 4 fully saturated rings. The van der Waals surface area contributed by atoms with Crippen molar-refractivity contribution >= 4 is 136 Å². The molecule has 4 aliphatic carbocycles. The van der Waals surface area contributed by atoms with E-state index in [1.807, 2.05) is 204 Å². The van der Waals surface area contributed by atoms with E-state index < -0.39 is 0 Å². The van der Waals surface area contributed by atoms with Crippen LogP contribution in [0.1, 0.15) is 263 Å². The minimum Gasteiger partial charge on any atom is -0.320 e. The number of benzene rings is 4. The van der Waals surface area contributed by atoms with Gasteiger partial charge in [-0.05, 0) is 305 Å². The number of ketones is 6. The number of rotatable bonds is 23. The highest BCUT2D eigenvalue weighted by Gasteiger charge is 2.35. The molecule has 0 aliphatic heterocycles. The summed E-state index contributed by atoms with van der Waals surface area (Å²) in [5.74, 6) is 6.15. The standard InChI is InChI=1S/C27H27N3O2S.C27H28N2O2S2.2C26H24N4OS/c1-17-9-12-26(33-17)25(32)15-19-6-5-7-21(14-19)30-24-11-10-20(18(2)31)16-23(24)29-27(30)22-8-3-4-13-28-22;1-3-23(30)19-10-11-22-21(16-19)28-27(26-8-5-13-32-26)29(22)20-7-4-6-18(14-20)15-24(31)25-12-9-17(2)33-25;2*1-17-8-11-25(32-17)24(31)15-18-5-4-6-20(13-18)30-23-10-9-19(16-27)14-22(23)29-26(30)21-7-2-3-12-28-21/h3-4,8-13,16,19,21H,5-7,14-15H2,1-2H3;5,8-13,16,18,20H,3-4,6-7,14-15H2,1-2H3;2*2-3,7-12,14,18,20H,4-6,13,15H2,1H3/t19-,21+;3*18-,20+/m1111/s1. The quantitative estimate of drug-likeness (QED) is 0.0539. The zero-order chi connectivity index (χ0) is 90.1. The highest BCUT2D eigenvalue weighted by Crippen LogP contribution is 2.46. The number of carbonyl (C=O) groups excluding carboxylic acids is 6. The number of nitrogens with zero attached hydrogens (tertiary/aromatic N) is 13. The predicted octanol–water partition coefficient (Wildman–Crippen LogP) is 27.1. The van der Waals surface area contributed by atoms with Gasteiger partial charge in [0.1, 0.15) is 17.1 Å². The molecule has 0 unspecified atom stereocenters. The smallest absolute Gasteiger partial charge is 0.173 e. The van der Waals surface area contributed by atoms with E-state index in [0.29, 0.717) is 78.5 Å². The lowest BCUT2D eigenvalue weighted by Gasteiger charge is -2.31. The van der Waals surface area contributed by atoms with Crippen molar-refractivity contribution in [3.63, 3.8) is 0 Å². The van der Waals surface area contributed by atoms with E-state index in [2.05, 4.69) is 68.9 Å². The third kappa shape index (κ3) is 20.5. The van der Waals surface area contributed by atoms with Gasteiger partial charge in [-0.2, -0.15) is 10.5 Å². The molecular weight excluding hydrogens is 1710 g/mol. The Morgan fingerprint density at radius 2 is 0.685 bits per heavy atom. The summed E-state index contributed by atoms with van der Waals surface area (Å²) in [5, 5.41) is 20.7. The zero-order valence-corrected chi connectivity index (χ0v) is 78.1. The minimum atomic E-state index is 0.0332. The molecule has 130 heavy (non-hydrogen) atoms. The molecule has 0 saturated heterocycles. The van der Waals surface area contributed by atoms with Crippen molar-refractivity contribution in [1.82, 2.24) is 53.2 Å². The first-order valence-electron chi connectivity index (χ1n) is 45.4. The molecule has 12 aromatic heterocycles. The Hall–Kier alpha value is -12.3. The van der Waals surface area contributed by atoms with Crippen molar-refractivity contribution < 1.29 is 28.8 Å². The number of hydrogen-bond donors (Lipinski definition) is 0. The Balaban J connectivity index is 0.000000121. The molecule has 0 radical (unpaired) electrons. The van der Waals surface area contributed by atoms with Crippen molar-refractivity contribution in [3.05, 3.63) is 273 Å². The number of hydrogen-bond acceptors (Lipinski definition) is 20. The van der Waals surface area contributed by atoms with Gasteiger partial charge in [0.2, 0.25) is 0 Å². The van der Waals surface area contributed by atoms with Crippen LogP contribution >= 0.6 is 56.7 Å². The number of thiophene rings is 5. The summed E-state index contributed by atoms with van der Waals surface area (Å²) in [6, 6.07) is 66.2. The van der Waals surface area contributed by atoms with Crippen LogP contribution in [0.3, 0.4) is 0 Å². The third-order valence-corrected chi connectivity index (χ3v) is 31.0. The average molecular weight is 1820 g/mol. The monoisotopic (exact) mass is 1810 g/mol. The molecule has 0 bridgehead atoms. The number of imidazole rings is 4. The van der Waals surface area contributed by atoms with Crippen LogP contribution in [0.2, 0.25) is 0 Å². The molecule has 0 N–H and O–H groups in total. The van der Waals surface area contributed by atoms with Gasteiger partial charge in [-0.3, -0.25) is 43.7 Å². The Kier molecular flexibility index (Phi) is 28.1. The summed E-state index contributed by atoms with van der Waals surface area (Å²) in [5.41, 5.74) is 12.6. The lowest BCUT2D eigenvalue weighted by molar-refractivity contribution is 0.0937. The SMILES string of the molecule is CC(=O)c1ccc2c(c1)nc(-c1ccccn1)n2[C@H]1CCC[C@@H](CC(=O)c2ccc(C)s2)C1.CCC(=O)c1ccc2c(c1)nc(-c1cccs1)n2[C@H]1CCC[C@@H](CC(=O)c2ccc(C)s2)C1.Cc1ccc(C(=O)C[C@@H]2CCC[C@H](n3c(-c4ccccn4)nc4cc(C#N)ccc43)C2)s1.Cc1ccc(C(=O)C[C@@H]2CCC[C@H](n3c(-c4ccccn4)nc4cc(C#N)ccc43)C2)s1. The molecule has 24 heteroatoms. The molecule has 0 amide bonds. The van der Waals surface area contributed by atoms with E-state index >= 15 is 0 Å². The van der Waals surface area contributed by atoms with E-state index in [0.717, 1.165) is 217 Å².